The number of imidazole rings is 1. The highest BCUT2D eigenvalue weighted by Crippen LogP contribution is 2.11. The number of aromatic nitrogens is 2. The molecule has 0 aliphatic carbocycles. The van der Waals surface area contributed by atoms with E-state index in [9.17, 15) is 9.59 Å². The standard InChI is InChI=1S/C14H16N4O2/c1-11-2-3-18-9-12(15-13(18)8-11)14(20)17-6-4-16(10-19)5-7-17/h2-3,8-10H,4-7H2,1H3. The van der Waals surface area contributed by atoms with Crippen molar-refractivity contribution < 1.29 is 9.59 Å². The Hall–Kier alpha value is -2.37. The van der Waals surface area contributed by atoms with E-state index in [1.165, 1.54) is 0 Å². The molecule has 0 aromatic carbocycles. The Labute approximate surface area is 116 Å². The van der Waals surface area contributed by atoms with E-state index in [-0.39, 0.29) is 5.91 Å². The van der Waals surface area contributed by atoms with E-state index >= 15 is 0 Å². The van der Waals surface area contributed by atoms with Crippen LogP contribution in [0.1, 0.15) is 16.1 Å². The first kappa shape index (κ1) is 12.7. The second kappa shape index (κ2) is 4.96. The fraction of sp³-hybridized carbons (Fsp3) is 0.357. The lowest BCUT2D eigenvalue weighted by molar-refractivity contribution is -0.119. The number of nitrogens with zero attached hydrogens (tertiary/aromatic N) is 4. The van der Waals surface area contributed by atoms with Gasteiger partial charge in [0.05, 0.1) is 0 Å². The number of pyridine rings is 1. The van der Waals surface area contributed by atoms with Crippen LogP contribution in [0.5, 0.6) is 0 Å². The summed E-state index contributed by atoms with van der Waals surface area (Å²) < 4.78 is 1.85. The zero-order valence-electron chi connectivity index (χ0n) is 11.3. The van der Waals surface area contributed by atoms with Crippen molar-refractivity contribution in [3.63, 3.8) is 0 Å². The van der Waals surface area contributed by atoms with Crippen LogP contribution in [0.3, 0.4) is 0 Å². The van der Waals surface area contributed by atoms with Crippen molar-refractivity contribution in [3.8, 4) is 0 Å². The average Bonchev–Trinajstić information content (AvgIpc) is 2.89. The maximum Gasteiger partial charge on any atom is 0.274 e. The van der Waals surface area contributed by atoms with Gasteiger partial charge in [0.1, 0.15) is 11.3 Å². The number of aryl methyl sites for hydroxylation is 1. The normalized spacial score (nSPS) is 15.7. The number of carbonyl (C=O) groups is 2. The van der Waals surface area contributed by atoms with Gasteiger partial charge in [-0.1, -0.05) is 0 Å². The molecule has 20 heavy (non-hydrogen) atoms. The number of fused-ring (bicyclic) bond motifs is 1. The summed E-state index contributed by atoms with van der Waals surface area (Å²) in [6.07, 6.45) is 4.48. The van der Waals surface area contributed by atoms with Gasteiger partial charge >= 0.3 is 0 Å². The maximum atomic E-state index is 12.4. The molecule has 0 spiro atoms. The van der Waals surface area contributed by atoms with Crippen molar-refractivity contribution in [2.24, 2.45) is 0 Å². The fourth-order valence-corrected chi connectivity index (χ4v) is 2.38. The highest BCUT2D eigenvalue weighted by molar-refractivity contribution is 5.93. The molecule has 0 bridgehead atoms. The van der Waals surface area contributed by atoms with Crippen molar-refractivity contribution in [3.05, 3.63) is 35.8 Å². The zero-order valence-corrected chi connectivity index (χ0v) is 11.3. The van der Waals surface area contributed by atoms with E-state index < -0.39 is 0 Å². The second-order valence-electron chi connectivity index (χ2n) is 5.03. The third-order valence-corrected chi connectivity index (χ3v) is 3.59. The molecule has 0 saturated carbocycles. The summed E-state index contributed by atoms with van der Waals surface area (Å²) >= 11 is 0. The molecule has 0 unspecified atom stereocenters. The molecule has 0 atom stereocenters. The average molecular weight is 272 g/mol. The smallest absolute Gasteiger partial charge is 0.274 e. The van der Waals surface area contributed by atoms with Crippen LogP contribution in [0, 0.1) is 6.92 Å². The van der Waals surface area contributed by atoms with E-state index in [2.05, 4.69) is 4.98 Å². The van der Waals surface area contributed by atoms with Gasteiger partial charge in [-0.3, -0.25) is 9.59 Å². The minimum absolute atomic E-state index is 0.0723. The Kier molecular flexibility index (Phi) is 3.14. The molecule has 0 radical (unpaired) electrons. The van der Waals surface area contributed by atoms with E-state index in [1.54, 1.807) is 16.0 Å². The summed E-state index contributed by atoms with van der Waals surface area (Å²) in [7, 11) is 0. The Morgan fingerprint density at radius 1 is 1.30 bits per heavy atom. The molecule has 1 aliphatic heterocycles. The Morgan fingerprint density at radius 2 is 2.05 bits per heavy atom. The first-order valence-corrected chi connectivity index (χ1v) is 6.61. The third-order valence-electron chi connectivity index (χ3n) is 3.59. The summed E-state index contributed by atoms with van der Waals surface area (Å²) in [5, 5.41) is 0. The summed E-state index contributed by atoms with van der Waals surface area (Å²) in [6.45, 7) is 4.28. The van der Waals surface area contributed by atoms with Crippen LogP contribution in [0.4, 0.5) is 0 Å². The quantitative estimate of drug-likeness (QED) is 0.750. The molecule has 2 aromatic heterocycles. The summed E-state index contributed by atoms with van der Waals surface area (Å²) in [4.78, 5) is 30.9. The Morgan fingerprint density at radius 3 is 2.75 bits per heavy atom. The van der Waals surface area contributed by atoms with Gasteiger partial charge in [-0.05, 0) is 24.6 Å². The van der Waals surface area contributed by atoms with Crippen molar-refractivity contribution in [2.45, 2.75) is 6.92 Å². The van der Waals surface area contributed by atoms with Crippen LogP contribution in [-0.4, -0.2) is 57.7 Å². The minimum atomic E-state index is -0.0723. The molecular weight excluding hydrogens is 256 g/mol. The summed E-state index contributed by atoms with van der Waals surface area (Å²) in [5.41, 5.74) is 2.34. The Bertz CT molecular complexity index is 656. The van der Waals surface area contributed by atoms with Crippen LogP contribution in [0.15, 0.2) is 24.5 Å². The number of amides is 2. The number of carbonyl (C=O) groups excluding carboxylic acids is 2. The van der Waals surface area contributed by atoms with Crippen LogP contribution in [-0.2, 0) is 4.79 Å². The molecule has 1 saturated heterocycles. The monoisotopic (exact) mass is 272 g/mol. The van der Waals surface area contributed by atoms with E-state index in [0.717, 1.165) is 17.6 Å². The predicted molar refractivity (Wildman–Crippen MR) is 73.5 cm³/mol. The van der Waals surface area contributed by atoms with Gasteiger partial charge in [0.15, 0.2) is 0 Å². The first-order valence-electron chi connectivity index (χ1n) is 6.61. The van der Waals surface area contributed by atoms with Gasteiger partial charge in [0.25, 0.3) is 5.91 Å². The minimum Gasteiger partial charge on any atom is -0.342 e. The largest absolute Gasteiger partial charge is 0.342 e. The van der Waals surface area contributed by atoms with Gasteiger partial charge in [-0.2, -0.15) is 0 Å². The van der Waals surface area contributed by atoms with Crippen molar-refractivity contribution in [1.29, 1.82) is 0 Å². The SMILES string of the molecule is Cc1ccn2cc(C(=O)N3CCN(C=O)CC3)nc2c1. The first-order chi connectivity index (χ1) is 9.67. The molecule has 2 aromatic rings. The van der Waals surface area contributed by atoms with Crippen LogP contribution >= 0.6 is 0 Å². The van der Waals surface area contributed by atoms with Gasteiger partial charge in [-0.15, -0.1) is 0 Å². The van der Waals surface area contributed by atoms with E-state index in [1.807, 2.05) is 29.7 Å². The molecular formula is C14H16N4O2. The molecule has 0 N–H and O–H groups in total. The number of hydrogen-bond acceptors (Lipinski definition) is 3. The summed E-state index contributed by atoms with van der Waals surface area (Å²) in [5.74, 6) is -0.0723. The fourth-order valence-electron chi connectivity index (χ4n) is 2.38. The molecule has 1 aliphatic rings. The number of piperazine rings is 1. The van der Waals surface area contributed by atoms with Crippen LogP contribution < -0.4 is 0 Å². The van der Waals surface area contributed by atoms with Gasteiger partial charge in [0.2, 0.25) is 6.41 Å². The number of rotatable bonds is 2. The van der Waals surface area contributed by atoms with E-state index in [0.29, 0.717) is 31.9 Å². The lowest BCUT2D eigenvalue weighted by atomic mass is 10.3. The molecule has 3 rings (SSSR count). The second-order valence-corrected chi connectivity index (χ2v) is 5.03. The molecule has 104 valence electrons. The van der Waals surface area contributed by atoms with Gasteiger partial charge in [0, 0.05) is 38.6 Å². The maximum absolute atomic E-state index is 12.4. The lowest BCUT2D eigenvalue weighted by Crippen LogP contribution is -2.48. The van der Waals surface area contributed by atoms with E-state index in [4.69, 9.17) is 0 Å². The van der Waals surface area contributed by atoms with Crippen molar-refractivity contribution in [2.75, 3.05) is 26.2 Å². The molecule has 2 amide bonds. The van der Waals surface area contributed by atoms with Crippen LogP contribution in [0.25, 0.3) is 5.65 Å². The Balaban J connectivity index is 1.80. The topological polar surface area (TPSA) is 57.9 Å². The lowest BCUT2D eigenvalue weighted by Gasteiger charge is -2.32. The predicted octanol–water partition coefficient (Wildman–Crippen LogP) is 0.557. The van der Waals surface area contributed by atoms with Gasteiger partial charge in [-0.25, -0.2) is 4.98 Å². The molecule has 6 heteroatoms. The van der Waals surface area contributed by atoms with Crippen molar-refractivity contribution >= 4 is 18.0 Å². The summed E-state index contributed by atoms with van der Waals surface area (Å²) in [6, 6.07) is 3.92. The number of hydrogen-bond donors (Lipinski definition) is 0. The van der Waals surface area contributed by atoms with Gasteiger partial charge < -0.3 is 14.2 Å². The zero-order chi connectivity index (χ0) is 14.1. The molecule has 1 fully saturated rings. The van der Waals surface area contributed by atoms with Crippen molar-refractivity contribution in [1.82, 2.24) is 19.2 Å². The molecule has 6 nitrogen and oxygen atoms in total. The van der Waals surface area contributed by atoms with Crippen LogP contribution in [0.2, 0.25) is 0 Å². The molecule has 3 heterocycles. The highest BCUT2D eigenvalue weighted by Gasteiger charge is 2.23. The highest BCUT2D eigenvalue weighted by atomic mass is 16.2. The third kappa shape index (κ3) is 2.24.